The smallest absolute Gasteiger partial charge is 0.338 e. The minimum Gasteiger partial charge on any atom is -0.462 e. The molecule has 1 N–H and O–H groups in total. The number of ether oxygens (including phenoxy) is 1. The first-order valence-corrected chi connectivity index (χ1v) is 12.4. The predicted octanol–water partition coefficient (Wildman–Crippen LogP) is 4.93. The van der Waals surface area contributed by atoms with Crippen LogP contribution in [0.1, 0.15) is 68.6 Å². The SMILES string of the molecule is CCCCOC(=O)c1ccc(NC(=O)C23C[C@H]4C[C@@H](C2)CC(n2cnc(Br)n2)(C4)C3)cc1. The molecule has 2 unspecified atom stereocenters. The van der Waals surface area contributed by atoms with Crippen LogP contribution in [0.25, 0.3) is 0 Å². The van der Waals surface area contributed by atoms with Crippen molar-refractivity contribution in [3.63, 3.8) is 0 Å². The largest absolute Gasteiger partial charge is 0.462 e. The number of nitrogens with one attached hydrogen (secondary N) is 1. The van der Waals surface area contributed by atoms with Crippen molar-refractivity contribution in [2.24, 2.45) is 17.3 Å². The van der Waals surface area contributed by atoms with Gasteiger partial charge in [0.2, 0.25) is 10.6 Å². The zero-order valence-electron chi connectivity index (χ0n) is 18.3. The molecule has 4 bridgehead atoms. The molecule has 170 valence electrons. The van der Waals surface area contributed by atoms with Crippen molar-refractivity contribution in [1.82, 2.24) is 14.8 Å². The molecule has 1 amide bonds. The summed E-state index contributed by atoms with van der Waals surface area (Å²) < 4.78 is 7.87. The number of nitrogens with zero attached hydrogens (tertiary/aromatic N) is 3. The monoisotopic (exact) mass is 500 g/mol. The lowest BCUT2D eigenvalue weighted by molar-refractivity contribution is -0.150. The van der Waals surface area contributed by atoms with E-state index in [1.54, 1.807) is 30.6 Å². The summed E-state index contributed by atoms with van der Waals surface area (Å²) in [5, 5.41) is 7.72. The number of hydrogen-bond acceptors (Lipinski definition) is 5. The molecule has 7 nitrogen and oxygen atoms in total. The molecule has 4 aliphatic carbocycles. The first kappa shape index (κ1) is 21.6. The highest BCUT2D eigenvalue weighted by molar-refractivity contribution is 9.10. The number of amides is 1. The van der Waals surface area contributed by atoms with Gasteiger partial charge in [-0.15, -0.1) is 5.10 Å². The van der Waals surface area contributed by atoms with Crippen molar-refractivity contribution in [3.8, 4) is 0 Å². The van der Waals surface area contributed by atoms with Crippen LogP contribution in [0.2, 0.25) is 0 Å². The van der Waals surface area contributed by atoms with E-state index in [4.69, 9.17) is 4.74 Å². The van der Waals surface area contributed by atoms with E-state index in [9.17, 15) is 9.59 Å². The number of esters is 1. The van der Waals surface area contributed by atoms with Crippen LogP contribution in [0.15, 0.2) is 35.3 Å². The van der Waals surface area contributed by atoms with E-state index in [2.05, 4.69) is 38.3 Å². The number of hydrogen-bond donors (Lipinski definition) is 1. The lowest BCUT2D eigenvalue weighted by Gasteiger charge is -2.60. The summed E-state index contributed by atoms with van der Waals surface area (Å²) >= 11 is 3.38. The highest BCUT2D eigenvalue weighted by Gasteiger charge is 2.61. The van der Waals surface area contributed by atoms with Gasteiger partial charge in [-0.1, -0.05) is 13.3 Å². The molecule has 8 heteroatoms. The Kier molecular flexibility index (Phi) is 5.60. The summed E-state index contributed by atoms with van der Waals surface area (Å²) in [6, 6.07) is 7.02. The van der Waals surface area contributed by atoms with E-state index in [0.29, 0.717) is 34.4 Å². The van der Waals surface area contributed by atoms with E-state index in [1.807, 2.05) is 4.68 Å². The number of unbranched alkanes of at least 4 members (excludes halogenated alkanes) is 1. The number of anilines is 1. The van der Waals surface area contributed by atoms with Crippen molar-refractivity contribution in [3.05, 3.63) is 40.9 Å². The first-order valence-electron chi connectivity index (χ1n) is 11.6. The minimum atomic E-state index is -0.375. The highest BCUT2D eigenvalue weighted by atomic mass is 79.9. The van der Waals surface area contributed by atoms with Gasteiger partial charge in [0.1, 0.15) is 6.33 Å². The third-order valence-electron chi connectivity index (χ3n) is 7.57. The highest BCUT2D eigenvalue weighted by Crippen LogP contribution is 2.64. The van der Waals surface area contributed by atoms with Crippen LogP contribution in [0.3, 0.4) is 0 Å². The van der Waals surface area contributed by atoms with Gasteiger partial charge in [0.25, 0.3) is 0 Å². The quantitative estimate of drug-likeness (QED) is 0.430. The van der Waals surface area contributed by atoms with Crippen LogP contribution < -0.4 is 5.32 Å². The summed E-state index contributed by atoms with van der Waals surface area (Å²) in [7, 11) is 0. The molecule has 4 atom stereocenters. The summed E-state index contributed by atoms with van der Waals surface area (Å²) in [6.45, 7) is 2.49. The molecule has 0 saturated heterocycles. The van der Waals surface area contributed by atoms with Gasteiger partial charge in [0.15, 0.2) is 0 Å². The van der Waals surface area contributed by atoms with E-state index >= 15 is 0 Å². The van der Waals surface area contributed by atoms with Crippen molar-refractivity contribution < 1.29 is 14.3 Å². The Bertz CT molecular complexity index is 1000. The number of benzene rings is 1. The van der Waals surface area contributed by atoms with Crippen molar-refractivity contribution in [2.75, 3.05) is 11.9 Å². The molecule has 4 saturated carbocycles. The van der Waals surface area contributed by atoms with Crippen LogP contribution in [0.5, 0.6) is 0 Å². The Hall–Kier alpha value is -2.22. The molecule has 0 radical (unpaired) electrons. The van der Waals surface area contributed by atoms with Crippen LogP contribution in [-0.4, -0.2) is 33.2 Å². The van der Waals surface area contributed by atoms with E-state index < -0.39 is 0 Å². The third-order valence-corrected chi connectivity index (χ3v) is 7.93. The molecule has 4 fully saturated rings. The van der Waals surface area contributed by atoms with Gasteiger partial charge in [-0.2, -0.15) is 0 Å². The first-order chi connectivity index (χ1) is 15.4. The normalized spacial score (nSPS) is 30.3. The van der Waals surface area contributed by atoms with Crippen LogP contribution in [-0.2, 0) is 15.1 Å². The average Bonchev–Trinajstić information content (AvgIpc) is 3.21. The minimum absolute atomic E-state index is 0.0911. The topological polar surface area (TPSA) is 86.1 Å². The van der Waals surface area contributed by atoms with Crippen LogP contribution >= 0.6 is 15.9 Å². The van der Waals surface area contributed by atoms with Gasteiger partial charge in [0, 0.05) is 5.69 Å². The van der Waals surface area contributed by atoms with Gasteiger partial charge in [-0.05, 0) is 97.0 Å². The second-order valence-corrected chi connectivity index (χ2v) is 10.7. The fourth-order valence-electron chi connectivity index (χ4n) is 6.57. The lowest BCUT2D eigenvalue weighted by Crippen LogP contribution is -2.60. The zero-order chi connectivity index (χ0) is 22.3. The van der Waals surface area contributed by atoms with E-state index in [1.165, 1.54) is 6.42 Å². The molecule has 4 aliphatic rings. The molecule has 1 aromatic heterocycles. The molecular weight excluding hydrogens is 472 g/mol. The number of carbonyl (C=O) groups is 2. The Morgan fingerprint density at radius 2 is 1.91 bits per heavy atom. The molecular formula is C24H29BrN4O3. The molecule has 1 aromatic carbocycles. The van der Waals surface area contributed by atoms with Crippen LogP contribution in [0, 0.1) is 17.3 Å². The van der Waals surface area contributed by atoms with Gasteiger partial charge in [-0.3, -0.25) is 4.79 Å². The van der Waals surface area contributed by atoms with Gasteiger partial charge < -0.3 is 10.1 Å². The molecule has 0 aliphatic heterocycles. The third kappa shape index (κ3) is 3.87. The predicted molar refractivity (Wildman–Crippen MR) is 123 cm³/mol. The summed E-state index contributed by atoms with van der Waals surface area (Å²) in [4.78, 5) is 30.0. The number of carbonyl (C=O) groups excluding carboxylic acids is 2. The fourth-order valence-corrected chi connectivity index (χ4v) is 6.83. The van der Waals surface area contributed by atoms with Crippen molar-refractivity contribution in [1.29, 1.82) is 0 Å². The van der Waals surface area contributed by atoms with Crippen molar-refractivity contribution >= 4 is 33.5 Å². The Morgan fingerprint density at radius 1 is 1.19 bits per heavy atom. The molecule has 32 heavy (non-hydrogen) atoms. The molecule has 2 aromatic rings. The zero-order valence-corrected chi connectivity index (χ0v) is 19.9. The Balaban J connectivity index is 1.31. The standard InChI is InChI=1S/C24H29BrN4O3/c1-2-3-8-32-20(30)18-4-6-19(7-5-18)27-21(31)23-10-16-9-17(11-23)13-24(12-16,14-23)29-15-26-22(25)28-29/h4-7,15-17H,2-3,8-14H2,1H3,(H,27,31)/t16-,17+,23?,24?. The maximum atomic E-state index is 13.6. The summed E-state index contributed by atoms with van der Waals surface area (Å²) in [5.41, 5.74) is 0.727. The maximum absolute atomic E-state index is 13.6. The second kappa shape index (κ2) is 8.28. The summed E-state index contributed by atoms with van der Waals surface area (Å²) in [5.74, 6) is 0.863. The Morgan fingerprint density at radius 3 is 2.53 bits per heavy atom. The summed E-state index contributed by atoms with van der Waals surface area (Å²) in [6.07, 6.45) is 9.68. The second-order valence-electron chi connectivity index (χ2n) is 9.94. The lowest BCUT2D eigenvalue weighted by atomic mass is 9.46. The maximum Gasteiger partial charge on any atom is 0.338 e. The van der Waals surface area contributed by atoms with Crippen LogP contribution in [0.4, 0.5) is 5.69 Å². The molecule has 1 heterocycles. The fraction of sp³-hybridized carbons (Fsp3) is 0.583. The average molecular weight is 501 g/mol. The molecule has 0 spiro atoms. The number of rotatable bonds is 7. The Labute approximate surface area is 196 Å². The van der Waals surface area contributed by atoms with Gasteiger partial charge >= 0.3 is 5.97 Å². The van der Waals surface area contributed by atoms with Gasteiger partial charge in [0.05, 0.1) is 23.1 Å². The van der Waals surface area contributed by atoms with Gasteiger partial charge in [-0.25, -0.2) is 14.5 Å². The number of aromatic nitrogens is 3. The van der Waals surface area contributed by atoms with Crippen molar-refractivity contribution in [2.45, 2.75) is 63.8 Å². The number of halogens is 1. The molecule has 6 rings (SSSR count). The van der Waals surface area contributed by atoms with E-state index in [0.717, 1.165) is 44.9 Å². The van der Waals surface area contributed by atoms with E-state index in [-0.39, 0.29) is 22.8 Å².